The van der Waals surface area contributed by atoms with Crippen molar-refractivity contribution in [1.82, 2.24) is 30.4 Å². The number of hydrogen-bond donors (Lipinski definition) is 2. The molecule has 1 aliphatic rings. The number of carbonyl (C=O) groups is 1. The van der Waals surface area contributed by atoms with Crippen LogP contribution in [-0.2, 0) is 6.54 Å². The van der Waals surface area contributed by atoms with Crippen LogP contribution in [-0.4, -0.2) is 31.9 Å². The molecule has 0 radical (unpaired) electrons. The quantitative estimate of drug-likeness (QED) is 0.901. The molecule has 0 aromatic carbocycles. The Balaban J connectivity index is 1.51. The first-order chi connectivity index (χ1) is 9.72. The number of amides is 2. The topological polar surface area (TPSA) is 84.2 Å². The van der Waals surface area contributed by atoms with Gasteiger partial charge in [0.1, 0.15) is 5.01 Å². The van der Waals surface area contributed by atoms with E-state index in [0.717, 1.165) is 28.6 Å². The van der Waals surface area contributed by atoms with Gasteiger partial charge in [-0.25, -0.2) is 4.79 Å². The van der Waals surface area contributed by atoms with Gasteiger partial charge in [0.15, 0.2) is 5.82 Å². The summed E-state index contributed by atoms with van der Waals surface area (Å²) in [6.45, 7) is 2.28. The molecule has 2 amide bonds. The maximum atomic E-state index is 11.8. The van der Waals surface area contributed by atoms with Gasteiger partial charge in [-0.15, -0.1) is 10.2 Å². The number of aryl methyl sites for hydroxylation is 1. The third kappa shape index (κ3) is 2.90. The molecule has 20 heavy (non-hydrogen) atoms. The highest BCUT2D eigenvalue weighted by Gasteiger charge is 2.16. The van der Waals surface area contributed by atoms with Crippen molar-refractivity contribution in [2.75, 3.05) is 0 Å². The normalized spacial score (nSPS) is 16.4. The van der Waals surface area contributed by atoms with E-state index in [2.05, 4.69) is 25.9 Å². The van der Waals surface area contributed by atoms with Crippen LogP contribution in [0.2, 0.25) is 0 Å². The van der Waals surface area contributed by atoms with E-state index < -0.39 is 0 Å². The molecule has 2 aromatic rings. The van der Waals surface area contributed by atoms with E-state index in [1.807, 2.05) is 6.92 Å². The van der Waals surface area contributed by atoms with Crippen molar-refractivity contribution >= 4 is 22.3 Å². The molecule has 0 spiro atoms. The van der Waals surface area contributed by atoms with E-state index in [1.54, 1.807) is 4.52 Å². The van der Waals surface area contributed by atoms with Crippen LogP contribution in [0.1, 0.15) is 42.9 Å². The molecule has 2 heterocycles. The zero-order chi connectivity index (χ0) is 13.9. The Kier molecular flexibility index (Phi) is 3.81. The summed E-state index contributed by atoms with van der Waals surface area (Å²) in [5, 5.41) is 19.0. The summed E-state index contributed by atoms with van der Waals surface area (Å²) in [4.78, 5) is 12.6. The second-order valence-electron chi connectivity index (χ2n) is 5.10. The standard InChI is InChI=1S/C12H18N6OS/c1-8-15-16-12-18(8)17-10(20-12)7-13-11(19)14-9-5-3-2-4-6-9/h9H,2-7H2,1H3,(H2,13,14,19). The molecule has 2 N–H and O–H groups in total. The molecule has 0 aliphatic heterocycles. The number of urea groups is 1. The Bertz CT molecular complexity index is 600. The van der Waals surface area contributed by atoms with Crippen molar-refractivity contribution in [3.05, 3.63) is 10.8 Å². The van der Waals surface area contributed by atoms with Gasteiger partial charge in [0, 0.05) is 6.04 Å². The lowest BCUT2D eigenvalue weighted by atomic mass is 9.96. The molecular weight excluding hydrogens is 276 g/mol. The second-order valence-corrected chi connectivity index (χ2v) is 6.14. The highest BCUT2D eigenvalue weighted by atomic mass is 32.1. The van der Waals surface area contributed by atoms with Gasteiger partial charge in [-0.1, -0.05) is 30.6 Å². The number of carbonyl (C=O) groups excluding carboxylic acids is 1. The maximum Gasteiger partial charge on any atom is 0.315 e. The lowest BCUT2D eigenvalue weighted by molar-refractivity contribution is 0.232. The SMILES string of the molecule is Cc1nnc2sc(CNC(=O)NC3CCCCC3)nn12. The fourth-order valence-corrected chi connectivity index (χ4v) is 3.28. The van der Waals surface area contributed by atoms with Gasteiger partial charge >= 0.3 is 6.03 Å². The largest absolute Gasteiger partial charge is 0.335 e. The fraction of sp³-hybridized carbons (Fsp3) is 0.667. The minimum Gasteiger partial charge on any atom is -0.335 e. The fourth-order valence-electron chi connectivity index (χ4n) is 2.47. The van der Waals surface area contributed by atoms with Gasteiger partial charge in [0.25, 0.3) is 0 Å². The molecule has 1 fully saturated rings. The van der Waals surface area contributed by atoms with Crippen molar-refractivity contribution in [2.24, 2.45) is 0 Å². The first-order valence-corrected chi connectivity index (χ1v) is 7.76. The minimum atomic E-state index is -0.111. The molecule has 1 saturated carbocycles. The van der Waals surface area contributed by atoms with Crippen LogP contribution in [0.3, 0.4) is 0 Å². The van der Waals surface area contributed by atoms with Gasteiger partial charge < -0.3 is 10.6 Å². The summed E-state index contributed by atoms with van der Waals surface area (Å²) in [6.07, 6.45) is 5.88. The van der Waals surface area contributed by atoms with E-state index in [-0.39, 0.29) is 6.03 Å². The number of hydrogen-bond acceptors (Lipinski definition) is 5. The van der Waals surface area contributed by atoms with Crippen molar-refractivity contribution in [3.63, 3.8) is 0 Å². The number of nitrogens with zero attached hydrogens (tertiary/aromatic N) is 4. The Morgan fingerprint density at radius 2 is 2.15 bits per heavy atom. The summed E-state index contributed by atoms with van der Waals surface area (Å²) in [7, 11) is 0. The van der Waals surface area contributed by atoms with E-state index in [9.17, 15) is 4.79 Å². The average Bonchev–Trinajstić information content (AvgIpc) is 3.00. The molecule has 108 valence electrons. The van der Waals surface area contributed by atoms with Crippen molar-refractivity contribution in [3.8, 4) is 0 Å². The van der Waals surface area contributed by atoms with E-state index in [4.69, 9.17) is 0 Å². The van der Waals surface area contributed by atoms with Crippen molar-refractivity contribution < 1.29 is 4.79 Å². The predicted molar refractivity (Wildman–Crippen MR) is 75.6 cm³/mol. The van der Waals surface area contributed by atoms with Gasteiger partial charge in [-0.05, 0) is 19.8 Å². The molecule has 7 nitrogen and oxygen atoms in total. The van der Waals surface area contributed by atoms with E-state index >= 15 is 0 Å². The molecule has 0 atom stereocenters. The van der Waals surface area contributed by atoms with Crippen LogP contribution < -0.4 is 10.6 Å². The molecule has 8 heteroatoms. The molecule has 0 saturated heterocycles. The summed E-state index contributed by atoms with van der Waals surface area (Å²) >= 11 is 1.44. The lowest BCUT2D eigenvalue weighted by Gasteiger charge is -2.22. The van der Waals surface area contributed by atoms with Gasteiger partial charge in [0.2, 0.25) is 4.96 Å². The summed E-state index contributed by atoms with van der Waals surface area (Å²) in [5.41, 5.74) is 0. The molecule has 0 bridgehead atoms. The van der Waals surface area contributed by atoms with Crippen LogP contribution in [0.5, 0.6) is 0 Å². The van der Waals surface area contributed by atoms with Gasteiger partial charge in [-0.2, -0.15) is 9.61 Å². The third-order valence-electron chi connectivity index (χ3n) is 3.53. The van der Waals surface area contributed by atoms with Crippen LogP contribution in [0.4, 0.5) is 4.79 Å². The highest BCUT2D eigenvalue weighted by molar-refractivity contribution is 7.16. The number of nitrogens with one attached hydrogen (secondary N) is 2. The summed E-state index contributed by atoms with van der Waals surface area (Å²) in [5.74, 6) is 0.758. The number of fused-ring (bicyclic) bond motifs is 1. The third-order valence-corrected chi connectivity index (χ3v) is 4.43. The Labute approximate surface area is 120 Å². The van der Waals surface area contributed by atoms with Gasteiger partial charge in [0.05, 0.1) is 6.54 Å². The van der Waals surface area contributed by atoms with Crippen molar-refractivity contribution in [1.29, 1.82) is 0 Å². The van der Waals surface area contributed by atoms with E-state index in [0.29, 0.717) is 12.6 Å². The first kappa shape index (κ1) is 13.3. The molecule has 2 aromatic heterocycles. The van der Waals surface area contributed by atoms with E-state index in [1.165, 1.54) is 30.6 Å². The summed E-state index contributed by atoms with van der Waals surface area (Å²) < 4.78 is 1.70. The first-order valence-electron chi connectivity index (χ1n) is 6.94. The summed E-state index contributed by atoms with van der Waals surface area (Å²) in [6, 6.07) is 0.211. The molecule has 0 unspecified atom stereocenters. The molecular formula is C12H18N6OS. The molecule has 3 rings (SSSR count). The number of aromatic nitrogens is 4. The minimum absolute atomic E-state index is 0.111. The lowest BCUT2D eigenvalue weighted by Crippen LogP contribution is -2.42. The zero-order valence-corrected chi connectivity index (χ0v) is 12.2. The van der Waals surface area contributed by atoms with Gasteiger partial charge in [-0.3, -0.25) is 0 Å². The Hall–Kier alpha value is -1.70. The zero-order valence-electron chi connectivity index (χ0n) is 11.4. The van der Waals surface area contributed by atoms with Crippen LogP contribution in [0.15, 0.2) is 0 Å². The van der Waals surface area contributed by atoms with Crippen LogP contribution in [0.25, 0.3) is 4.96 Å². The predicted octanol–water partition coefficient (Wildman–Crippen LogP) is 1.63. The Morgan fingerprint density at radius 1 is 1.35 bits per heavy atom. The smallest absolute Gasteiger partial charge is 0.315 e. The molecule has 1 aliphatic carbocycles. The Morgan fingerprint density at radius 3 is 2.90 bits per heavy atom. The number of rotatable bonds is 3. The highest BCUT2D eigenvalue weighted by Crippen LogP contribution is 2.17. The van der Waals surface area contributed by atoms with Crippen LogP contribution >= 0.6 is 11.3 Å². The maximum absolute atomic E-state index is 11.8. The van der Waals surface area contributed by atoms with Crippen molar-refractivity contribution in [2.45, 2.75) is 51.6 Å². The average molecular weight is 294 g/mol. The monoisotopic (exact) mass is 294 g/mol. The second kappa shape index (κ2) is 5.74. The van der Waals surface area contributed by atoms with Crippen LogP contribution in [0, 0.1) is 6.92 Å².